The van der Waals surface area contributed by atoms with Gasteiger partial charge in [0.05, 0.1) is 21.2 Å². The molecule has 0 aliphatic carbocycles. The van der Waals surface area contributed by atoms with Crippen molar-refractivity contribution >= 4 is 40.8 Å². The lowest BCUT2D eigenvalue weighted by atomic mass is 10.2. The van der Waals surface area contributed by atoms with Gasteiger partial charge in [-0.15, -0.1) is 23.5 Å². The van der Waals surface area contributed by atoms with Crippen LogP contribution in [0, 0.1) is 0 Å². The Hall–Kier alpha value is -2.76. The Labute approximate surface area is 185 Å². The first-order valence-electron chi connectivity index (χ1n) is 9.75. The SMILES string of the molecule is CC1=NN(c2ccccc2)C(=O)C1=C(SCc1ccccc1)SCc1ccccc1. The van der Waals surface area contributed by atoms with E-state index in [1.807, 2.05) is 73.7 Å². The fourth-order valence-corrected chi connectivity index (χ4v) is 5.54. The van der Waals surface area contributed by atoms with Crippen LogP contribution in [0.4, 0.5) is 5.69 Å². The third-order valence-corrected chi connectivity index (χ3v) is 7.24. The van der Waals surface area contributed by atoms with Crippen molar-refractivity contribution in [2.45, 2.75) is 18.4 Å². The number of nitrogens with zero attached hydrogens (tertiary/aromatic N) is 2. The lowest BCUT2D eigenvalue weighted by Gasteiger charge is -2.14. The van der Waals surface area contributed by atoms with E-state index in [2.05, 4.69) is 29.4 Å². The third-order valence-electron chi connectivity index (χ3n) is 4.65. The standard InChI is InChI=1S/C25H22N2OS2/c1-19-23(24(28)27(26-19)22-15-9-4-10-16-22)25(29-17-20-11-5-2-6-12-20)30-18-21-13-7-3-8-14-21/h2-16H,17-18H2,1H3. The van der Waals surface area contributed by atoms with E-state index in [-0.39, 0.29) is 5.91 Å². The normalized spacial score (nSPS) is 13.5. The van der Waals surface area contributed by atoms with Crippen molar-refractivity contribution in [2.75, 3.05) is 5.01 Å². The Bertz CT molecular complexity index is 1020. The second-order valence-electron chi connectivity index (χ2n) is 6.85. The van der Waals surface area contributed by atoms with Crippen LogP contribution in [0.25, 0.3) is 0 Å². The van der Waals surface area contributed by atoms with Gasteiger partial charge in [0.25, 0.3) is 5.91 Å². The fraction of sp³-hybridized carbons (Fsp3) is 0.120. The van der Waals surface area contributed by atoms with Gasteiger partial charge in [-0.05, 0) is 30.2 Å². The highest BCUT2D eigenvalue weighted by molar-refractivity contribution is 8.21. The molecular formula is C25H22N2OS2. The molecule has 1 aliphatic heterocycles. The minimum absolute atomic E-state index is 0.0603. The van der Waals surface area contributed by atoms with Crippen LogP contribution in [0.5, 0.6) is 0 Å². The van der Waals surface area contributed by atoms with Gasteiger partial charge in [0.15, 0.2) is 0 Å². The average Bonchev–Trinajstić information content (AvgIpc) is 3.10. The van der Waals surface area contributed by atoms with Gasteiger partial charge < -0.3 is 0 Å². The molecule has 3 aromatic carbocycles. The summed E-state index contributed by atoms with van der Waals surface area (Å²) in [4.78, 5) is 13.3. The molecule has 0 fully saturated rings. The van der Waals surface area contributed by atoms with Crippen molar-refractivity contribution in [3.8, 4) is 0 Å². The van der Waals surface area contributed by atoms with E-state index in [9.17, 15) is 4.79 Å². The molecule has 0 spiro atoms. The van der Waals surface area contributed by atoms with E-state index >= 15 is 0 Å². The van der Waals surface area contributed by atoms with E-state index in [0.29, 0.717) is 5.57 Å². The number of hydrogen-bond donors (Lipinski definition) is 0. The van der Waals surface area contributed by atoms with E-state index in [4.69, 9.17) is 0 Å². The van der Waals surface area contributed by atoms with Crippen LogP contribution in [-0.4, -0.2) is 11.6 Å². The predicted molar refractivity (Wildman–Crippen MR) is 130 cm³/mol. The number of carbonyl (C=O) groups excluding carboxylic acids is 1. The fourth-order valence-electron chi connectivity index (χ4n) is 3.12. The quantitative estimate of drug-likeness (QED) is 0.402. The Morgan fingerprint density at radius 1 is 0.767 bits per heavy atom. The Kier molecular flexibility index (Phi) is 6.72. The van der Waals surface area contributed by atoms with E-state index < -0.39 is 0 Å². The summed E-state index contributed by atoms with van der Waals surface area (Å²) in [5.74, 6) is 1.57. The first-order valence-corrected chi connectivity index (χ1v) is 11.7. The number of thioether (sulfide) groups is 2. The van der Waals surface area contributed by atoms with Crippen molar-refractivity contribution in [1.29, 1.82) is 0 Å². The summed E-state index contributed by atoms with van der Waals surface area (Å²) < 4.78 is 1.02. The van der Waals surface area contributed by atoms with Crippen LogP contribution in [0.3, 0.4) is 0 Å². The second-order valence-corrected chi connectivity index (χ2v) is 9.08. The zero-order valence-corrected chi connectivity index (χ0v) is 18.3. The molecular weight excluding hydrogens is 408 g/mol. The number of anilines is 1. The van der Waals surface area contributed by atoms with Crippen molar-refractivity contribution < 1.29 is 4.79 Å². The number of amides is 1. The van der Waals surface area contributed by atoms with E-state index in [1.54, 1.807) is 23.5 Å². The van der Waals surface area contributed by atoms with Crippen LogP contribution in [0.15, 0.2) is 106 Å². The molecule has 150 valence electrons. The van der Waals surface area contributed by atoms with Gasteiger partial charge in [0.1, 0.15) is 0 Å². The maximum absolute atomic E-state index is 13.3. The van der Waals surface area contributed by atoms with Gasteiger partial charge in [0, 0.05) is 11.5 Å². The summed E-state index contributed by atoms with van der Waals surface area (Å²) in [6, 6.07) is 30.3. The van der Waals surface area contributed by atoms with Crippen LogP contribution in [-0.2, 0) is 16.3 Å². The van der Waals surface area contributed by atoms with Crippen molar-refractivity contribution in [1.82, 2.24) is 0 Å². The highest BCUT2D eigenvalue weighted by Crippen LogP contribution is 2.39. The predicted octanol–water partition coefficient (Wildman–Crippen LogP) is 6.49. The summed E-state index contributed by atoms with van der Waals surface area (Å²) in [7, 11) is 0. The Balaban J connectivity index is 1.62. The molecule has 30 heavy (non-hydrogen) atoms. The second kappa shape index (κ2) is 9.83. The molecule has 0 aromatic heterocycles. The number of carbonyl (C=O) groups is 1. The average molecular weight is 431 g/mol. The molecule has 1 aliphatic rings. The van der Waals surface area contributed by atoms with Gasteiger partial charge in [-0.3, -0.25) is 4.79 Å². The minimum atomic E-state index is -0.0603. The van der Waals surface area contributed by atoms with E-state index in [1.165, 1.54) is 16.1 Å². The van der Waals surface area contributed by atoms with Crippen molar-refractivity contribution in [3.05, 3.63) is 112 Å². The molecule has 4 rings (SSSR count). The highest BCUT2D eigenvalue weighted by atomic mass is 32.2. The van der Waals surface area contributed by atoms with Crippen LogP contribution in [0.2, 0.25) is 0 Å². The summed E-state index contributed by atoms with van der Waals surface area (Å²) in [5, 5.41) is 6.08. The van der Waals surface area contributed by atoms with Gasteiger partial charge in [0.2, 0.25) is 0 Å². The van der Waals surface area contributed by atoms with Crippen molar-refractivity contribution in [3.63, 3.8) is 0 Å². The maximum Gasteiger partial charge on any atom is 0.282 e. The molecule has 0 unspecified atom stereocenters. The third kappa shape index (κ3) is 4.86. The van der Waals surface area contributed by atoms with Crippen LogP contribution >= 0.6 is 23.5 Å². The molecule has 0 bridgehead atoms. The number of rotatable bonds is 7. The molecule has 3 nitrogen and oxygen atoms in total. The van der Waals surface area contributed by atoms with Gasteiger partial charge in [-0.2, -0.15) is 10.1 Å². The van der Waals surface area contributed by atoms with E-state index in [0.717, 1.165) is 27.1 Å². The summed E-state index contributed by atoms with van der Waals surface area (Å²) >= 11 is 3.42. The van der Waals surface area contributed by atoms with Crippen molar-refractivity contribution in [2.24, 2.45) is 5.10 Å². The number of hydrogen-bond acceptors (Lipinski definition) is 4. The topological polar surface area (TPSA) is 32.7 Å². The lowest BCUT2D eigenvalue weighted by Crippen LogP contribution is -2.21. The van der Waals surface area contributed by atoms with Gasteiger partial charge >= 0.3 is 0 Å². The molecule has 0 atom stereocenters. The minimum Gasteiger partial charge on any atom is -0.267 e. The molecule has 1 amide bonds. The summed E-state index contributed by atoms with van der Waals surface area (Å²) in [6.45, 7) is 1.92. The van der Waals surface area contributed by atoms with Crippen LogP contribution in [0.1, 0.15) is 18.1 Å². The van der Waals surface area contributed by atoms with Gasteiger partial charge in [-0.25, -0.2) is 0 Å². The molecule has 5 heteroatoms. The largest absolute Gasteiger partial charge is 0.282 e. The Morgan fingerprint density at radius 3 is 1.73 bits per heavy atom. The first kappa shape index (κ1) is 20.5. The molecule has 1 heterocycles. The Morgan fingerprint density at radius 2 is 1.23 bits per heavy atom. The molecule has 0 saturated heterocycles. The summed E-state index contributed by atoms with van der Waals surface area (Å²) in [5.41, 5.74) is 4.74. The first-order chi connectivity index (χ1) is 14.7. The zero-order valence-electron chi connectivity index (χ0n) is 16.7. The number of hydrazone groups is 1. The lowest BCUT2D eigenvalue weighted by molar-refractivity contribution is -0.114. The van der Waals surface area contributed by atoms with Gasteiger partial charge in [-0.1, -0.05) is 78.9 Å². The smallest absolute Gasteiger partial charge is 0.267 e. The molecule has 3 aromatic rings. The zero-order chi connectivity index (χ0) is 20.8. The number of para-hydroxylation sites is 1. The monoisotopic (exact) mass is 430 g/mol. The molecule has 0 saturated carbocycles. The summed E-state index contributed by atoms with van der Waals surface area (Å²) in [6.07, 6.45) is 0. The molecule has 0 N–H and O–H groups in total. The maximum atomic E-state index is 13.3. The van der Waals surface area contributed by atoms with Crippen LogP contribution < -0.4 is 5.01 Å². The molecule has 0 radical (unpaired) electrons. The highest BCUT2D eigenvalue weighted by Gasteiger charge is 2.32. The number of benzene rings is 3.